The number of aromatic nitrogens is 1. The summed E-state index contributed by atoms with van der Waals surface area (Å²) in [5.74, 6) is -0.953. The number of hydrogen-bond donors (Lipinski definition) is 1. The Morgan fingerprint density at radius 1 is 1.04 bits per heavy atom. The Bertz CT molecular complexity index is 1030. The molecule has 2 aromatic carbocycles. The second kappa shape index (κ2) is 5.70. The molecule has 1 unspecified atom stereocenters. The first-order chi connectivity index (χ1) is 12.1. The van der Waals surface area contributed by atoms with E-state index in [4.69, 9.17) is 4.74 Å². The number of ketones is 2. The van der Waals surface area contributed by atoms with Gasteiger partial charge in [-0.3, -0.25) is 9.59 Å². The number of Topliss-reactive ketones (excluding diaryl/α,β-unsaturated/α-hetero) is 2. The molecule has 0 aliphatic heterocycles. The third-order valence-electron chi connectivity index (χ3n) is 4.37. The SMILES string of the molecule is CCOc1ccc2c(c1)C(=O)C(c1ccc3cccc(O)c3n1)C2=O. The van der Waals surface area contributed by atoms with Crippen LogP contribution in [0.3, 0.4) is 0 Å². The van der Waals surface area contributed by atoms with E-state index in [1.165, 1.54) is 6.07 Å². The maximum atomic E-state index is 12.8. The van der Waals surface area contributed by atoms with Gasteiger partial charge in [0.05, 0.1) is 12.3 Å². The lowest BCUT2D eigenvalue weighted by Gasteiger charge is -2.08. The predicted octanol–water partition coefficient (Wildman–Crippen LogP) is 3.50. The van der Waals surface area contributed by atoms with Crippen LogP contribution in [0.1, 0.15) is 39.3 Å². The summed E-state index contributed by atoms with van der Waals surface area (Å²) in [4.78, 5) is 29.9. The number of ether oxygens (including phenoxy) is 1. The van der Waals surface area contributed by atoms with Crippen LogP contribution in [0, 0.1) is 0 Å². The van der Waals surface area contributed by atoms with E-state index in [0.29, 0.717) is 34.7 Å². The molecule has 0 saturated heterocycles. The maximum Gasteiger partial charge on any atom is 0.180 e. The van der Waals surface area contributed by atoms with Gasteiger partial charge in [-0.05, 0) is 37.3 Å². The molecule has 3 aromatic rings. The van der Waals surface area contributed by atoms with Gasteiger partial charge in [0.15, 0.2) is 11.6 Å². The number of carbonyl (C=O) groups excluding carboxylic acids is 2. The van der Waals surface area contributed by atoms with E-state index in [1.807, 2.05) is 13.0 Å². The molecular weight excluding hydrogens is 318 g/mol. The Balaban J connectivity index is 1.80. The van der Waals surface area contributed by atoms with Gasteiger partial charge in [-0.2, -0.15) is 0 Å². The van der Waals surface area contributed by atoms with Crippen LogP contribution >= 0.6 is 0 Å². The molecule has 124 valence electrons. The summed E-state index contributed by atoms with van der Waals surface area (Å²) in [5, 5.41) is 10.7. The van der Waals surface area contributed by atoms with Crippen LogP contribution in [-0.2, 0) is 0 Å². The first kappa shape index (κ1) is 15.3. The van der Waals surface area contributed by atoms with Crippen LogP contribution in [0.4, 0.5) is 0 Å². The van der Waals surface area contributed by atoms with Crippen LogP contribution in [0.2, 0.25) is 0 Å². The Hall–Kier alpha value is -3.21. The number of nitrogens with zero attached hydrogens (tertiary/aromatic N) is 1. The molecule has 0 saturated carbocycles. The number of hydrogen-bond acceptors (Lipinski definition) is 5. The minimum absolute atomic E-state index is 0.0217. The average molecular weight is 333 g/mol. The average Bonchev–Trinajstić information content (AvgIpc) is 2.86. The van der Waals surface area contributed by atoms with Crippen LogP contribution in [0.15, 0.2) is 48.5 Å². The van der Waals surface area contributed by atoms with Gasteiger partial charge in [-0.25, -0.2) is 4.98 Å². The summed E-state index contributed by atoms with van der Waals surface area (Å²) in [6, 6.07) is 13.4. The van der Waals surface area contributed by atoms with E-state index >= 15 is 0 Å². The number of para-hydroxylation sites is 1. The number of benzene rings is 2. The van der Waals surface area contributed by atoms with Gasteiger partial charge in [-0.1, -0.05) is 18.2 Å². The molecule has 5 nitrogen and oxygen atoms in total. The van der Waals surface area contributed by atoms with Gasteiger partial charge in [-0.15, -0.1) is 0 Å². The highest BCUT2D eigenvalue weighted by Gasteiger charge is 2.40. The Kier molecular flexibility index (Phi) is 3.50. The molecule has 5 heteroatoms. The van der Waals surface area contributed by atoms with Gasteiger partial charge in [0.1, 0.15) is 22.9 Å². The van der Waals surface area contributed by atoms with E-state index in [1.54, 1.807) is 36.4 Å². The smallest absolute Gasteiger partial charge is 0.180 e. The van der Waals surface area contributed by atoms with E-state index in [-0.39, 0.29) is 17.3 Å². The zero-order chi connectivity index (χ0) is 17.6. The summed E-state index contributed by atoms with van der Waals surface area (Å²) >= 11 is 0. The van der Waals surface area contributed by atoms with Crippen LogP contribution in [0.25, 0.3) is 10.9 Å². The molecular formula is C20H15NO4. The van der Waals surface area contributed by atoms with Crippen LogP contribution in [-0.4, -0.2) is 28.3 Å². The first-order valence-electron chi connectivity index (χ1n) is 8.04. The van der Waals surface area contributed by atoms with Crippen molar-refractivity contribution in [2.24, 2.45) is 0 Å². The minimum atomic E-state index is -0.976. The monoisotopic (exact) mass is 333 g/mol. The number of aromatic hydroxyl groups is 1. The maximum absolute atomic E-state index is 12.8. The van der Waals surface area contributed by atoms with Crippen molar-refractivity contribution in [1.82, 2.24) is 4.98 Å². The number of phenols is 1. The van der Waals surface area contributed by atoms with E-state index in [0.717, 1.165) is 5.39 Å². The highest BCUT2D eigenvalue weighted by atomic mass is 16.5. The lowest BCUT2D eigenvalue weighted by molar-refractivity contribution is 0.0888. The van der Waals surface area contributed by atoms with Gasteiger partial charge >= 0.3 is 0 Å². The largest absolute Gasteiger partial charge is 0.506 e. The van der Waals surface area contributed by atoms with Crippen molar-refractivity contribution in [3.8, 4) is 11.5 Å². The molecule has 0 amide bonds. The fraction of sp³-hybridized carbons (Fsp3) is 0.150. The van der Waals surface area contributed by atoms with E-state index < -0.39 is 5.92 Å². The van der Waals surface area contributed by atoms with E-state index in [9.17, 15) is 14.7 Å². The van der Waals surface area contributed by atoms with Gasteiger partial charge < -0.3 is 9.84 Å². The molecule has 0 radical (unpaired) electrons. The highest BCUT2D eigenvalue weighted by Crippen LogP contribution is 2.36. The molecule has 25 heavy (non-hydrogen) atoms. The van der Waals surface area contributed by atoms with Gasteiger partial charge in [0.25, 0.3) is 0 Å². The summed E-state index contributed by atoms with van der Waals surface area (Å²) in [5.41, 5.74) is 1.47. The lowest BCUT2D eigenvalue weighted by atomic mass is 9.98. The van der Waals surface area contributed by atoms with Crippen LogP contribution < -0.4 is 4.74 Å². The number of phenolic OH excluding ortho intramolecular Hbond substituents is 1. The predicted molar refractivity (Wildman–Crippen MR) is 92.4 cm³/mol. The second-order valence-electron chi connectivity index (χ2n) is 5.89. The normalized spacial score (nSPS) is 16.3. The van der Waals surface area contributed by atoms with Crippen molar-refractivity contribution < 1.29 is 19.4 Å². The standard InChI is InChI=1S/C20H15NO4/c1-2-25-12-7-8-13-14(10-12)20(24)17(19(13)23)15-9-6-11-4-3-5-16(22)18(11)21-15/h3-10,17,22H,2H2,1H3. The zero-order valence-electron chi connectivity index (χ0n) is 13.5. The van der Waals surface area contributed by atoms with Crippen molar-refractivity contribution in [2.45, 2.75) is 12.8 Å². The van der Waals surface area contributed by atoms with Crippen molar-refractivity contribution in [3.63, 3.8) is 0 Å². The Labute approximate surface area is 143 Å². The third-order valence-corrected chi connectivity index (χ3v) is 4.37. The fourth-order valence-electron chi connectivity index (χ4n) is 3.20. The number of rotatable bonds is 3. The van der Waals surface area contributed by atoms with Crippen molar-refractivity contribution in [2.75, 3.05) is 6.61 Å². The topological polar surface area (TPSA) is 76.5 Å². The van der Waals surface area contributed by atoms with Crippen molar-refractivity contribution in [3.05, 3.63) is 65.4 Å². The zero-order valence-corrected chi connectivity index (χ0v) is 13.5. The Morgan fingerprint density at radius 2 is 1.84 bits per heavy atom. The van der Waals surface area contributed by atoms with Crippen LogP contribution in [0.5, 0.6) is 11.5 Å². The number of fused-ring (bicyclic) bond motifs is 2. The lowest BCUT2D eigenvalue weighted by Crippen LogP contribution is -2.14. The molecule has 0 fully saturated rings. The molecule has 1 heterocycles. The summed E-state index contributed by atoms with van der Waals surface area (Å²) in [6.07, 6.45) is 0. The van der Waals surface area contributed by atoms with Gasteiger partial charge in [0, 0.05) is 16.5 Å². The molecule has 1 atom stereocenters. The highest BCUT2D eigenvalue weighted by molar-refractivity contribution is 6.29. The summed E-state index contributed by atoms with van der Waals surface area (Å²) < 4.78 is 5.42. The molecule has 1 aromatic heterocycles. The molecule has 0 bridgehead atoms. The summed E-state index contributed by atoms with van der Waals surface area (Å²) in [6.45, 7) is 2.34. The molecule has 0 spiro atoms. The molecule has 1 aliphatic rings. The molecule has 1 N–H and O–H groups in total. The fourth-order valence-corrected chi connectivity index (χ4v) is 3.20. The number of pyridine rings is 1. The molecule has 1 aliphatic carbocycles. The first-order valence-corrected chi connectivity index (χ1v) is 8.04. The Morgan fingerprint density at radius 3 is 2.64 bits per heavy atom. The minimum Gasteiger partial charge on any atom is -0.506 e. The van der Waals surface area contributed by atoms with Crippen molar-refractivity contribution >= 4 is 22.5 Å². The van der Waals surface area contributed by atoms with Crippen molar-refractivity contribution in [1.29, 1.82) is 0 Å². The quantitative estimate of drug-likeness (QED) is 0.742. The molecule has 4 rings (SSSR count). The number of carbonyl (C=O) groups is 2. The van der Waals surface area contributed by atoms with E-state index in [2.05, 4.69) is 4.98 Å². The van der Waals surface area contributed by atoms with Gasteiger partial charge in [0.2, 0.25) is 0 Å². The second-order valence-corrected chi connectivity index (χ2v) is 5.89. The summed E-state index contributed by atoms with van der Waals surface area (Å²) in [7, 11) is 0. The third kappa shape index (κ3) is 2.36.